The Labute approximate surface area is 96.6 Å². The van der Waals surface area contributed by atoms with Crippen LogP contribution in [-0.4, -0.2) is 37.2 Å². The second-order valence-corrected chi connectivity index (χ2v) is 6.02. The molecule has 8 heteroatoms. The summed E-state index contributed by atoms with van der Waals surface area (Å²) in [5.74, 6) is -1.17. The van der Waals surface area contributed by atoms with Crippen molar-refractivity contribution in [1.29, 1.82) is 0 Å². The minimum absolute atomic E-state index is 0.0676. The number of carbonyl (C=O) groups is 1. The molecule has 0 radical (unpaired) electrons. The van der Waals surface area contributed by atoms with Gasteiger partial charge in [-0.3, -0.25) is 0 Å². The molecule has 1 atom stereocenters. The summed E-state index contributed by atoms with van der Waals surface area (Å²) in [6.07, 6.45) is 0. The van der Waals surface area contributed by atoms with E-state index in [1.807, 2.05) is 0 Å². The number of nitrogens with one attached hydrogen (secondary N) is 1. The fourth-order valence-electron chi connectivity index (χ4n) is 0.930. The second-order valence-electron chi connectivity index (χ2n) is 3.16. The minimum Gasteiger partial charge on any atom is -0.478 e. The first-order chi connectivity index (χ1) is 7.36. The Kier molecular flexibility index (Phi) is 4.03. The van der Waals surface area contributed by atoms with Gasteiger partial charge in [-0.25, -0.2) is 17.9 Å². The van der Waals surface area contributed by atoms with Gasteiger partial charge in [-0.15, -0.1) is 11.3 Å². The number of hydrogen-bond acceptors (Lipinski definition) is 5. The molecule has 0 spiro atoms. The smallest absolute Gasteiger partial charge is 0.336 e. The first-order valence-electron chi connectivity index (χ1n) is 4.32. The predicted octanol–water partition coefficient (Wildman–Crippen LogP) is 0.105. The van der Waals surface area contributed by atoms with Crippen LogP contribution < -0.4 is 4.72 Å². The number of carboxylic acids is 1. The van der Waals surface area contributed by atoms with Crippen LogP contribution in [0.25, 0.3) is 0 Å². The van der Waals surface area contributed by atoms with Crippen LogP contribution in [0, 0.1) is 0 Å². The Morgan fingerprint density at radius 2 is 2.25 bits per heavy atom. The molecule has 1 aromatic rings. The highest BCUT2D eigenvalue weighted by Gasteiger charge is 2.20. The van der Waals surface area contributed by atoms with E-state index in [1.165, 1.54) is 12.3 Å². The van der Waals surface area contributed by atoms with Crippen LogP contribution in [0.3, 0.4) is 0 Å². The van der Waals surface area contributed by atoms with Crippen molar-refractivity contribution in [3.05, 3.63) is 17.0 Å². The number of rotatable bonds is 5. The first-order valence-corrected chi connectivity index (χ1v) is 6.68. The number of aliphatic hydroxyl groups excluding tert-OH is 1. The number of carboxylic acid groups (broad SMARTS) is 1. The molecule has 0 aliphatic rings. The fourth-order valence-corrected chi connectivity index (χ4v) is 3.33. The maximum absolute atomic E-state index is 11.6. The van der Waals surface area contributed by atoms with Crippen molar-refractivity contribution in [2.75, 3.05) is 6.61 Å². The SMILES string of the molecule is CC(CO)NS(=O)(=O)c1cc(C(=O)O)cs1. The van der Waals surface area contributed by atoms with Gasteiger partial charge in [-0.05, 0) is 13.0 Å². The Balaban J connectivity index is 2.94. The highest BCUT2D eigenvalue weighted by molar-refractivity contribution is 7.91. The van der Waals surface area contributed by atoms with Gasteiger partial charge in [0.1, 0.15) is 4.21 Å². The van der Waals surface area contributed by atoms with Crippen LogP contribution >= 0.6 is 11.3 Å². The van der Waals surface area contributed by atoms with E-state index in [0.29, 0.717) is 0 Å². The predicted molar refractivity (Wildman–Crippen MR) is 58.1 cm³/mol. The van der Waals surface area contributed by atoms with Gasteiger partial charge in [-0.1, -0.05) is 0 Å². The third-order valence-electron chi connectivity index (χ3n) is 1.72. The molecular formula is C8H11NO5S2. The number of sulfonamides is 1. The zero-order valence-corrected chi connectivity index (χ0v) is 10.0. The van der Waals surface area contributed by atoms with Crippen molar-refractivity contribution in [2.45, 2.75) is 17.2 Å². The minimum atomic E-state index is -3.74. The van der Waals surface area contributed by atoms with Crippen LogP contribution in [0.1, 0.15) is 17.3 Å². The fraction of sp³-hybridized carbons (Fsp3) is 0.375. The number of aromatic carboxylic acids is 1. The van der Waals surface area contributed by atoms with Gasteiger partial charge < -0.3 is 10.2 Å². The molecule has 6 nitrogen and oxygen atoms in total. The molecule has 0 saturated heterocycles. The molecule has 16 heavy (non-hydrogen) atoms. The van der Waals surface area contributed by atoms with E-state index in [2.05, 4.69) is 4.72 Å². The lowest BCUT2D eigenvalue weighted by Gasteiger charge is -2.09. The first kappa shape index (κ1) is 13.1. The number of thiophene rings is 1. The molecule has 90 valence electrons. The van der Waals surface area contributed by atoms with E-state index < -0.39 is 22.0 Å². The maximum Gasteiger partial charge on any atom is 0.336 e. The van der Waals surface area contributed by atoms with Crippen molar-refractivity contribution >= 4 is 27.3 Å². The summed E-state index contributed by atoms with van der Waals surface area (Å²) in [5.41, 5.74) is -0.0676. The molecule has 1 heterocycles. The topological polar surface area (TPSA) is 104 Å². The van der Waals surface area contributed by atoms with Crippen LogP contribution in [0.15, 0.2) is 15.7 Å². The molecule has 0 aliphatic carbocycles. The van der Waals surface area contributed by atoms with Gasteiger partial charge in [0, 0.05) is 11.4 Å². The van der Waals surface area contributed by atoms with Crippen molar-refractivity contribution in [3.8, 4) is 0 Å². The van der Waals surface area contributed by atoms with E-state index in [-0.39, 0.29) is 16.4 Å². The summed E-state index contributed by atoms with van der Waals surface area (Å²) in [6, 6.07) is 0.472. The molecular weight excluding hydrogens is 254 g/mol. The molecule has 0 aliphatic heterocycles. The number of aliphatic hydroxyl groups is 1. The maximum atomic E-state index is 11.6. The van der Waals surface area contributed by atoms with Crippen molar-refractivity contribution in [2.24, 2.45) is 0 Å². The summed E-state index contributed by atoms with van der Waals surface area (Å²) in [6.45, 7) is 1.18. The van der Waals surface area contributed by atoms with Crippen molar-refractivity contribution in [3.63, 3.8) is 0 Å². The highest BCUT2D eigenvalue weighted by Crippen LogP contribution is 2.20. The molecule has 0 saturated carbocycles. The van der Waals surface area contributed by atoms with E-state index in [1.54, 1.807) is 0 Å². The zero-order valence-electron chi connectivity index (χ0n) is 8.37. The van der Waals surface area contributed by atoms with Crippen molar-refractivity contribution < 1.29 is 23.4 Å². The lowest BCUT2D eigenvalue weighted by Crippen LogP contribution is -2.34. The lowest BCUT2D eigenvalue weighted by atomic mass is 10.4. The average molecular weight is 265 g/mol. The van der Waals surface area contributed by atoms with Gasteiger partial charge in [-0.2, -0.15) is 0 Å². The van der Waals surface area contributed by atoms with Crippen molar-refractivity contribution in [1.82, 2.24) is 4.72 Å². The van der Waals surface area contributed by atoms with E-state index >= 15 is 0 Å². The largest absolute Gasteiger partial charge is 0.478 e. The average Bonchev–Trinajstić information content (AvgIpc) is 2.66. The summed E-state index contributed by atoms with van der Waals surface area (Å²) in [5, 5.41) is 18.6. The standard InChI is InChI=1S/C8H11NO5S2/c1-5(3-10)9-16(13,14)7-2-6(4-15-7)8(11)12/h2,4-5,9-10H,3H2,1H3,(H,11,12). The second kappa shape index (κ2) is 4.91. The van der Waals surface area contributed by atoms with Crippen LogP contribution in [0.5, 0.6) is 0 Å². The third kappa shape index (κ3) is 3.01. The molecule has 0 fully saturated rings. The van der Waals surface area contributed by atoms with Crippen LogP contribution in [0.4, 0.5) is 0 Å². The third-order valence-corrected chi connectivity index (χ3v) is 4.75. The van der Waals surface area contributed by atoms with Gasteiger partial charge in [0.2, 0.25) is 10.0 Å². The Bertz CT molecular complexity index is 478. The molecule has 1 unspecified atom stereocenters. The van der Waals surface area contributed by atoms with E-state index in [4.69, 9.17) is 10.2 Å². The number of hydrogen-bond donors (Lipinski definition) is 3. The summed E-state index contributed by atoms with van der Waals surface area (Å²) in [7, 11) is -3.74. The summed E-state index contributed by atoms with van der Waals surface area (Å²) >= 11 is 0.824. The summed E-state index contributed by atoms with van der Waals surface area (Å²) in [4.78, 5) is 10.6. The zero-order chi connectivity index (χ0) is 12.3. The van der Waals surface area contributed by atoms with Gasteiger partial charge >= 0.3 is 5.97 Å². The Morgan fingerprint density at radius 1 is 1.62 bits per heavy atom. The van der Waals surface area contributed by atoms with Gasteiger partial charge in [0.15, 0.2) is 0 Å². The van der Waals surface area contributed by atoms with E-state index in [0.717, 1.165) is 17.4 Å². The molecule has 0 aromatic carbocycles. The highest BCUT2D eigenvalue weighted by atomic mass is 32.2. The molecule has 3 N–H and O–H groups in total. The Morgan fingerprint density at radius 3 is 2.69 bits per heavy atom. The monoisotopic (exact) mass is 265 g/mol. The normalized spacial score (nSPS) is 13.6. The molecule has 1 aromatic heterocycles. The van der Waals surface area contributed by atoms with Gasteiger partial charge in [0.25, 0.3) is 0 Å². The summed E-state index contributed by atoms with van der Waals surface area (Å²) < 4.78 is 25.4. The lowest BCUT2D eigenvalue weighted by molar-refractivity contribution is 0.0697. The quantitative estimate of drug-likeness (QED) is 0.700. The van der Waals surface area contributed by atoms with Crippen LogP contribution in [-0.2, 0) is 10.0 Å². The van der Waals surface area contributed by atoms with Gasteiger partial charge in [0.05, 0.1) is 12.2 Å². The van der Waals surface area contributed by atoms with Crippen LogP contribution in [0.2, 0.25) is 0 Å². The Hall–Kier alpha value is -0.960. The molecule has 0 amide bonds. The van der Waals surface area contributed by atoms with E-state index in [9.17, 15) is 13.2 Å². The molecule has 1 rings (SSSR count). The molecule has 0 bridgehead atoms.